The lowest BCUT2D eigenvalue weighted by atomic mass is 10.1. The Bertz CT molecular complexity index is 1400. The van der Waals surface area contributed by atoms with Gasteiger partial charge >= 0.3 is 6.03 Å². The Morgan fingerprint density at radius 3 is 2.47 bits per heavy atom. The van der Waals surface area contributed by atoms with Crippen molar-refractivity contribution in [2.45, 2.75) is 33.7 Å². The van der Waals surface area contributed by atoms with Crippen LogP contribution in [-0.4, -0.2) is 78.3 Å². The minimum Gasteiger partial charge on any atom is -0.480 e. The number of pyridine rings is 1. The highest BCUT2D eigenvalue weighted by Gasteiger charge is 2.26. The van der Waals surface area contributed by atoms with Gasteiger partial charge in [-0.05, 0) is 32.0 Å². The summed E-state index contributed by atoms with van der Waals surface area (Å²) < 4.78 is 11.9. The number of anilines is 1. The summed E-state index contributed by atoms with van der Waals surface area (Å²) in [7, 11) is 3.04. The quantitative estimate of drug-likeness (QED) is 0.218. The largest absolute Gasteiger partial charge is 0.480 e. The van der Waals surface area contributed by atoms with Gasteiger partial charge in [0.05, 0.1) is 37.7 Å². The minimum absolute atomic E-state index is 0.127. The second-order valence-electron chi connectivity index (χ2n) is 8.95. The lowest BCUT2D eigenvalue weighted by Gasteiger charge is -2.15. The standard InChI is InChI=1S/C24H29N7O5.C5H8.C2H6.C2H2/c1-15-20(16-11-19(21(25)32)23(35-3)26-12-16)29-31(18-7-5-4-6-8-18)22(15)28-24(33)27-17-13-30(36-14-17)9-10-34-2;1-3-5-4-2;2*1-2/h4-8,11-12,17H,9-10,13-14H2,1-3H3,(H2,25,32)(H2,27,28,33);3-5H,1H2,2H3;1-2H3;1-2H/b;5-4-;;/t17-;;;/m1.../s1. The molecule has 0 saturated carbocycles. The number of allylic oxidation sites excluding steroid dienone is 3. The van der Waals surface area contributed by atoms with Gasteiger partial charge in [0.2, 0.25) is 5.88 Å². The van der Waals surface area contributed by atoms with Gasteiger partial charge in [0.15, 0.2) is 0 Å². The summed E-state index contributed by atoms with van der Waals surface area (Å²) in [5.41, 5.74) is 8.15. The van der Waals surface area contributed by atoms with Crippen LogP contribution in [0.25, 0.3) is 16.9 Å². The second-order valence-corrected chi connectivity index (χ2v) is 8.95. The smallest absolute Gasteiger partial charge is 0.320 e. The zero-order valence-corrected chi connectivity index (χ0v) is 26.9. The van der Waals surface area contributed by atoms with E-state index in [1.54, 1.807) is 35.2 Å². The van der Waals surface area contributed by atoms with E-state index in [4.69, 9.17) is 25.1 Å². The average molecular weight is 620 g/mol. The summed E-state index contributed by atoms with van der Waals surface area (Å²) in [6.07, 6.45) is 15.1. The van der Waals surface area contributed by atoms with Gasteiger partial charge in [-0.15, -0.1) is 12.8 Å². The maximum absolute atomic E-state index is 12.9. The second kappa shape index (κ2) is 20.9. The number of terminal acetylenes is 1. The molecule has 2 aromatic heterocycles. The molecule has 1 aliphatic rings. The normalized spacial score (nSPS) is 13.6. The van der Waals surface area contributed by atoms with E-state index in [0.29, 0.717) is 48.9 Å². The summed E-state index contributed by atoms with van der Waals surface area (Å²) >= 11 is 0. The van der Waals surface area contributed by atoms with Crippen LogP contribution in [0.15, 0.2) is 67.4 Å². The topological polar surface area (TPSA) is 146 Å². The summed E-state index contributed by atoms with van der Waals surface area (Å²) in [4.78, 5) is 34.7. The van der Waals surface area contributed by atoms with Gasteiger partial charge in [0.1, 0.15) is 11.4 Å². The number of ether oxygens (including phenoxy) is 2. The van der Waals surface area contributed by atoms with Gasteiger partial charge in [-0.1, -0.05) is 56.9 Å². The number of hydroxylamine groups is 2. The number of rotatable bonds is 10. The number of nitrogens with zero attached hydrogens (tertiary/aromatic N) is 4. The Morgan fingerprint density at radius 2 is 1.91 bits per heavy atom. The summed E-state index contributed by atoms with van der Waals surface area (Å²) in [6, 6.07) is 10.4. The van der Waals surface area contributed by atoms with Crippen molar-refractivity contribution < 1.29 is 23.9 Å². The number of aromatic nitrogens is 3. The molecule has 4 rings (SSSR count). The molecule has 12 nitrogen and oxygen atoms in total. The molecule has 0 bridgehead atoms. The van der Waals surface area contributed by atoms with Gasteiger partial charge in [-0.25, -0.2) is 14.5 Å². The van der Waals surface area contributed by atoms with E-state index in [-0.39, 0.29) is 17.5 Å². The number of methoxy groups -OCH3 is 2. The molecule has 0 aliphatic carbocycles. The molecule has 0 spiro atoms. The number of urea groups is 1. The van der Waals surface area contributed by atoms with Crippen molar-refractivity contribution >= 4 is 17.8 Å². The third kappa shape index (κ3) is 11.2. The first-order valence-corrected chi connectivity index (χ1v) is 14.3. The van der Waals surface area contributed by atoms with Crippen molar-refractivity contribution in [1.82, 2.24) is 25.1 Å². The molecule has 45 heavy (non-hydrogen) atoms. The number of benzene rings is 1. The van der Waals surface area contributed by atoms with Crippen molar-refractivity contribution in [2.75, 3.05) is 45.8 Å². The molecular weight excluding hydrogens is 574 g/mol. The van der Waals surface area contributed by atoms with Gasteiger partial charge in [-0.3, -0.25) is 14.9 Å². The van der Waals surface area contributed by atoms with Crippen LogP contribution in [0.2, 0.25) is 0 Å². The number of para-hydroxylation sites is 1. The van der Waals surface area contributed by atoms with E-state index < -0.39 is 11.9 Å². The van der Waals surface area contributed by atoms with Crippen LogP contribution in [0.5, 0.6) is 5.88 Å². The van der Waals surface area contributed by atoms with E-state index in [1.165, 1.54) is 7.11 Å². The average Bonchev–Trinajstić information content (AvgIpc) is 3.66. The van der Waals surface area contributed by atoms with Crippen LogP contribution in [0.3, 0.4) is 0 Å². The van der Waals surface area contributed by atoms with Crippen molar-refractivity contribution in [3.63, 3.8) is 0 Å². The fourth-order valence-electron chi connectivity index (χ4n) is 4.04. The number of carbonyl (C=O) groups is 2. The van der Waals surface area contributed by atoms with Crippen LogP contribution in [-0.2, 0) is 9.57 Å². The zero-order valence-electron chi connectivity index (χ0n) is 26.9. The van der Waals surface area contributed by atoms with Crippen molar-refractivity contribution in [1.29, 1.82) is 0 Å². The van der Waals surface area contributed by atoms with E-state index in [2.05, 4.69) is 35.0 Å². The molecule has 12 heteroatoms. The fraction of sp³-hybridized carbons (Fsp3) is 0.333. The molecule has 3 aromatic rings. The number of primary amides is 1. The number of nitrogens with two attached hydrogens (primary N) is 1. The highest BCUT2D eigenvalue weighted by atomic mass is 16.7. The van der Waals surface area contributed by atoms with Crippen LogP contribution >= 0.6 is 0 Å². The first-order chi connectivity index (χ1) is 21.8. The molecule has 0 unspecified atom stereocenters. The molecule has 4 N–H and O–H groups in total. The molecule has 242 valence electrons. The van der Waals surface area contributed by atoms with E-state index in [1.807, 2.05) is 70.2 Å². The molecule has 3 heterocycles. The molecule has 1 saturated heterocycles. The fourth-order valence-corrected chi connectivity index (χ4v) is 4.04. The third-order valence-electron chi connectivity index (χ3n) is 6.03. The minimum atomic E-state index is -0.669. The van der Waals surface area contributed by atoms with Crippen molar-refractivity contribution in [2.24, 2.45) is 5.73 Å². The zero-order chi connectivity index (χ0) is 33.8. The highest BCUT2D eigenvalue weighted by Crippen LogP contribution is 2.32. The predicted molar refractivity (Wildman–Crippen MR) is 178 cm³/mol. The van der Waals surface area contributed by atoms with Crippen molar-refractivity contribution in [3.8, 4) is 35.7 Å². The maximum atomic E-state index is 12.9. The first-order valence-electron chi connectivity index (χ1n) is 14.3. The number of hydrogen-bond acceptors (Lipinski definition) is 8. The third-order valence-corrected chi connectivity index (χ3v) is 6.03. The molecular formula is C33H45N7O5. The van der Waals surface area contributed by atoms with E-state index >= 15 is 0 Å². The Hall–Kier alpha value is -4.96. The van der Waals surface area contributed by atoms with Gasteiger partial charge in [-0.2, -0.15) is 10.2 Å². The Morgan fingerprint density at radius 1 is 1.22 bits per heavy atom. The molecule has 1 fully saturated rings. The van der Waals surface area contributed by atoms with Gasteiger partial charge in [0.25, 0.3) is 5.91 Å². The molecule has 1 aromatic carbocycles. The number of amides is 3. The Balaban J connectivity index is 0.00000101. The lowest BCUT2D eigenvalue weighted by Crippen LogP contribution is -2.41. The summed E-state index contributed by atoms with van der Waals surface area (Å²) in [5, 5.41) is 12.4. The molecule has 3 amide bonds. The van der Waals surface area contributed by atoms with E-state index in [9.17, 15) is 9.59 Å². The maximum Gasteiger partial charge on any atom is 0.320 e. The highest BCUT2D eigenvalue weighted by molar-refractivity contribution is 5.96. The SMILES string of the molecule is C#C.C=C/C=C\C.CC.COCCN1C[C@@H](NC(=O)Nc2c(C)c(-c3cnc(OC)c(C(N)=O)c3)nn2-c2ccccc2)CO1. The number of hydrogen-bond donors (Lipinski definition) is 3. The Kier molecular flexibility index (Phi) is 17.6. The summed E-state index contributed by atoms with van der Waals surface area (Å²) in [5.74, 6) is -0.0693. The predicted octanol–water partition coefficient (Wildman–Crippen LogP) is 4.76. The molecule has 1 aliphatic heterocycles. The molecule has 0 radical (unpaired) electrons. The van der Waals surface area contributed by atoms with Crippen LogP contribution in [0.1, 0.15) is 36.7 Å². The van der Waals surface area contributed by atoms with Gasteiger partial charge < -0.3 is 20.5 Å². The van der Waals surface area contributed by atoms with Gasteiger partial charge in [0, 0.05) is 37.5 Å². The number of nitrogens with one attached hydrogen (secondary N) is 2. The first kappa shape index (κ1) is 38.1. The van der Waals surface area contributed by atoms with Crippen molar-refractivity contribution in [3.05, 3.63) is 78.5 Å². The Labute approximate surface area is 266 Å². The van der Waals surface area contributed by atoms with Crippen LogP contribution < -0.4 is 21.1 Å². The van der Waals surface area contributed by atoms with E-state index in [0.717, 1.165) is 5.69 Å². The van der Waals surface area contributed by atoms with Crippen LogP contribution in [0.4, 0.5) is 10.6 Å². The molecule has 1 atom stereocenters. The number of carbonyl (C=O) groups excluding carboxylic acids is 2. The van der Waals surface area contributed by atoms with Crippen LogP contribution in [0, 0.1) is 19.8 Å². The lowest BCUT2D eigenvalue weighted by molar-refractivity contribution is -0.118. The monoisotopic (exact) mass is 619 g/mol. The summed E-state index contributed by atoms with van der Waals surface area (Å²) in [6.45, 7) is 13.3.